The molecule has 3 rings (SSSR count). The molecule has 1 atom stereocenters. The SMILES string of the molecule is O=c1ccc(-c2ccccc2OC[C@@H](O)CN2CCCCC2)c[nH]1. The van der Waals surface area contributed by atoms with Crippen molar-refractivity contribution < 1.29 is 9.84 Å². The second-order valence-electron chi connectivity index (χ2n) is 6.26. The molecule has 0 saturated carbocycles. The van der Waals surface area contributed by atoms with Gasteiger partial charge in [-0.15, -0.1) is 0 Å². The van der Waals surface area contributed by atoms with E-state index in [0.717, 1.165) is 24.2 Å². The van der Waals surface area contributed by atoms with Gasteiger partial charge in [0.15, 0.2) is 0 Å². The minimum atomic E-state index is -0.508. The first-order chi connectivity index (χ1) is 11.7. The van der Waals surface area contributed by atoms with Crippen LogP contribution in [0.25, 0.3) is 11.1 Å². The van der Waals surface area contributed by atoms with E-state index in [-0.39, 0.29) is 12.2 Å². The van der Waals surface area contributed by atoms with Crippen LogP contribution >= 0.6 is 0 Å². The summed E-state index contributed by atoms with van der Waals surface area (Å²) in [5, 5.41) is 10.2. The summed E-state index contributed by atoms with van der Waals surface area (Å²) in [5.41, 5.74) is 1.66. The molecular formula is C19H24N2O3. The molecule has 1 aliphatic heterocycles. The molecule has 0 amide bonds. The number of hydrogen-bond acceptors (Lipinski definition) is 4. The maximum absolute atomic E-state index is 11.2. The molecule has 2 N–H and O–H groups in total. The summed E-state index contributed by atoms with van der Waals surface area (Å²) in [6.45, 7) is 3.04. The van der Waals surface area contributed by atoms with Crippen molar-refractivity contribution in [2.24, 2.45) is 0 Å². The Morgan fingerprint density at radius 3 is 2.67 bits per heavy atom. The van der Waals surface area contributed by atoms with E-state index in [4.69, 9.17) is 4.74 Å². The van der Waals surface area contributed by atoms with Crippen LogP contribution in [0, 0.1) is 0 Å². The van der Waals surface area contributed by atoms with Gasteiger partial charge in [0.2, 0.25) is 5.56 Å². The number of aliphatic hydroxyl groups excluding tert-OH is 1. The Kier molecular flexibility index (Phi) is 5.67. The van der Waals surface area contributed by atoms with Gasteiger partial charge in [0.05, 0.1) is 0 Å². The number of aromatic amines is 1. The largest absolute Gasteiger partial charge is 0.490 e. The van der Waals surface area contributed by atoms with E-state index in [2.05, 4.69) is 9.88 Å². The molecular weight excluding hydrogens is 304 g/mol. The van der Waals surface area contributed by atoms with Gasteiger partial charge in [-0.1, -0.05) is 24.6 Å². The van der Waals surface area contributed by atoms with E-state index in [9.17, 15) is 9.90 Å². The number of pyridine rings is 1. The lowest BCUT2D eigenvalue weighted by molar-refractivity contribution is 0.0619. The number of aliphatic hydroxyl groups is 1. The summed E-state index contributed by atoms with van der Waals surface area (Å²) in [4.78, 5) is 16.2. The summed E-state index contributed by atoms with van der Waals surface area (Å²) in [5.74, 6) is 0.710. The van der Waals surface area contributed by atoms with Gasteiger partial charge in [0.25, 0.3) is 0 Å². The summed E-state index contributed by atoms with van der Waals surface area (Å²) in [6.07, 6.45) is 4.88. The van der Waals surface area contributed by atoms with Crippen LogP contribution in [0.4, 0.5) is 0 Å². The predicted octanol–water partition coefficient (Wildman–Crippen LogP) is 2.27. The highest BCUT2D eigenvalue weighted by molar-refractivity contribution is 5.69. The number of likely N-dealkylation sites (tertiary alicyclic amines) is 1. The molecule has 2 aromatic rings. The monoisotopic (exact) mass is 328 g/mol. The number of H-pyrrole nitrogens is 1. The second kappa shape index (κ2) is 8.13. The van der Waals surface area contributed by atoms with Crippen LogP contribution in [0.15, 0.2) is 47.4 Å². The molecule has 0 spiro atoms. The molecule has 1 aromatic carbocycles. The molecule has 0 unspecified atom stereocenters. The Morgan fingerprint density at radius 2 is 1.92 bits per heavy atom. The van der Waals surface area contributed by atoms with Crippen molar-refractivity contribution in [1.29, 1.82) is 0 Å². The van der Waals surface area contributed by atoms with Gasteiger partial charge in [0, 0.05) is 29.9 Å². The lowest BCUT2D eigenvalue weighted by Crippen LogP contribution is -2.38. The predicted molar refractivity (Wildman–Crippen MR) is 94.3 cm³/mol. The zero-order chi connectivity index (χ0) is 16.8. The number of benzene rings is 1. The third kappa shape index (κ3) is 4.46. The normalized spacial score (nSPS) is 16.7. The Labute approximate surface area is 141 Å². The van der Waals surface area contributed by atoms with Gasteiger partial charge in [-0.05, 0) is 38.1 Å². The van der Waals surface area contributed by atoms with Gasteiger partial charge in [0.1, 0.15) is 18.5 Å². The first-order valence-electron chi connectivity index (χ1n) is 8.54. The van der Waals surface area contributed by atoms with Crippen LogP contribution in [-0.4, -0.2) is 47.3 Å². The standard InChI is InChI=1S/C19H24N2O3/c22-16(13-21-10-4-1-5-11-21)14-24-18-7-3-2-6-17(18)15-8-9-19(23)20-12-15/h2-3,6-9,12,16,22H,1,4-5,10-11,13-14H2,(H,20,23)/t16-/m0/s1. The van der Waals surface area contributed by atoms with Crippen molar-refractivity contribution >= 4 is 0 Å². The molecule has 0 bridgehead atoms. The van der Waals surface area contributed by atoms with Gasteiger partial charge in [-0.25, -0.2) is 0 Å². The van der Waals surface area contributed by atoms with Crippen LogP contribution in [0.2, 0.25) is 0 Å². The third-order valence-corrected chi connectivity index (χ3v) is 4.33. The zero-order valence-electron chi connectivity index (χ0n) is 13.8. The number of nitrogens with zero attached hydrogens (tertiary/aromatic N) is 1. The van der Waals surface area contributed by atoms with E-state index < -0.39 is 6.10 Å². The molecule has 1 aliphatic rings. The molecule has 1 aromatic heterocycles. The average molecular weight is 328 g/mol. The summed E-state index contributed by atoms with van der Waals surface area (Å²) < 4.78 is 5.86. The van der Waals surface area contributed by atoms with E-state index in [1.807, 2.05) is 24.3 Å². The van der Waals surface area contributed by atoms with Crippen molar-refractivity contribution in [3.05, 3.63) is 52.9 Å². The fraction of sp³-hybridized carbons (Fsp3) is 0.421. The molecule has 1 fully saturated rings. The number of piperidine rings is 1. The maximum Gasteiger partial charge on any atom is 0.247 e. The maximum atomic E-state index is 11.2. The van der Waals surface area contributed by atoms with Crippen LogP contribution in [0.1, 0.15) is 19.3 Å². The van der Waals surface area contributed by atoms with Crippen LogP contribution in [0.3, 0.4) is 0 Å². The van der Waals surface area contributed by atoms with Gasteiger partial charge < -0.3 is 19.7 Å². The zero-order valence-corrected chi connectivity index (χ0v) is 13.8. The fourth-order valence-corrected chi connectivity index (χ4v) is 3.09. The number of hydrogen-bond donors (Lipinski definition) is 2. The molecule has 5 nitrogen and oxygen atoms in total. The highest BCUT2D eigenvalue weighted by Crippen LogP contribution is 2.28. The topological polar surface area (TPSA) is 65.6 Å². The summed E-state index contributed by atoms with van der Waals surface area (Å²) >= 11 is 0. The molecule has 0 radical (unpaired) electrons. The second-order valence-corrected chi connectivity index (χ2v) is 6.26. The Balaban J connectivity index is 1.62. The number of nitrogens with one attached hydrogen (secondary N) is 1. The van der Waals surface area contributed by atoms with Crippen molar-refractivity contribution in [1.82, 2.24) is 9.88 Å². The highest BCUT2D eigenvalue weighted by Gasteiger charge is 2.15. The molecule has 24 heavy (non-hydrogen) atoms. The van der Waals surface area contributed by atoms with Crippen molar-refractivity contribution in [2.45, 2.75) is 25.4 Å². The lowest BCUT2D eigenvalue weighted by atomic mass is 10.1. The summed E-state index contributed by atoms with van der Waals surface area (Å²) in [6, 6.07) is 10.9. The minimum Gasteiger partial charge on any atom is -0.490 e. The average Bonchev–Trinajstić information content (AvgIpc) is 2.62. The van der Waals surface area contributed by atoms with E-state index in [1.165, 1.54) is 25.3 Å². The third-order valence-electron chi connectivity index (χ3n) is 4.33. The van der Waals surface area contributed by atoms with Crippen LogP contribution in [-0.2, 0) is 0 Å². The Hall–Kier alpha value is -2.11. The smallest absolute Gasteiger partial charge is 0.247 e. The van der Waals surface area contributed by atoms with Gasteiger partial charge in [-0.3, -0.25) is 4.79 Å². The van der Waals surface area contributed by atoms with E-state index in [0.29, 0.717) is 12.3 Å². The van der Waals surface area contributed by atoms with Crippen LogP contribution < -0.4 is 10.3 Å². The minimum absolute atomic E-state index is 0.130. The first kappa shape index (κ1) is 16.7. The number of ether oxygens (including phenoxy) is 1. The lowest BCUT2D eigenvalue weighted by Gasteiger charge is -2.28. The Morgan fingerprint density at radius 1 is 1.12 bits per heavy atom. The number of rotatable bonds is 6. The van der Waals surface area contributed by atoms with Crippen molar-refractivity contribution in [3.63, 3.8) is 0 Å². The van der Waals surface area contributed by atoms with Gasteiger partial charge in [-0.2, -0.15) is 0 Å². The summed E-state index contributed by atoms with van der Waals surface area (Å²) in [7, 11) is 0. The van der Waals surface area contributed by atoms with Crippen molar-refractivity contribution in [2.75, 3.05) is 26.2 Å². The fourth-order valence-electron chi connectivity index (χ4n) is 3.09. The molecule has 0 aliphatic carbocycles. The van der Waals surface area contributed by atoms with Gasteiger partial charge >= 0.3 is 0 Å². The number of para-hydroxylation sites is 1. The van der Waals surface area contributed by atoms with Crippen molar-refractivity contribution in [3.8, 4) is 16.9 Å². The first-order valence-corrected chi connectivity index (χ1v) is 8.54. The molecule has 5 heteroatoms. The van der Waals surface area contributed by atoms with Crippen LogP contribution in [0.5, 0.6) is 5.75 Å². The quantitative estimate of drug-likeness (QED) is 0.854. The van der Waals surface area contributed by atoms with E-state index >= 15 is 0 Å². The Bertz CT molecular complexity index is 687. The molecule has 2 heterocycles. The highest BCUT2D eigenvalue weighted by atomic mass is 16.5. The molecule has 128 valence electrons. The number of β-amino-alcohol motifs (C(OH)–C–C–N with tert-alkyl or cyclic N) is 1. The van der Waals surface area contributed by atoms with E-state index in [1.54, 1.807) is 12.3 Å². The molecule has 1 saturated heterocycles. The number of aromatic nitrogens is 1.